The Kier molecular flexibility index (Phi) is 2.56. The van der Waals surface area contributed by atoms with Gasteiger partial charge in [0.25, 0.3) is 0 Å². The molecule has 2 aromatic rings. The first-order valence-electron chi connectivity index (χ1n) is 4.45. The number of hydrogen-bond donors (Lipinski definition) is 0. The van der Waals surface area contributed by atoms with E-state index in [2.05, 4.69) is 5.10 Å². The van der Waals surface area contributed by atoms with Crippen LogP contribution in [0.5, 0.6) is 0 Å². The lowest BCUT2D eigenvalue weighted by Gasteiger charge is -1.99. The van der Waals surface area contributed by atoms with Gasteiger partial charge >= 0.3 is 0 Å². The molecule has 0 unspecified atom stereocenters. The molecule has 0 amide bonds. The SMILES string of the molecule is Cn1ncc(-c2ccc(Cl)cc2)c1C=O. The number of halogens is 1. The second-order valence-electron chi connectivity index (χ2n) is 3.19. The fourth-order valence-electron chi connectivity index (χ4n) is 1.44. The first-order chi connectivity index (χ1) is 7.22. The fourth-order valence-corrected chi connectivity index (χ4v) is 1.56. The van der Waals surface area contributed by atoms with Gasteiger partial charge in [-0.2, -0.15) is 5.10 Å². The van der Waals surface area contributed by atoms with E-state index in [1.807, 2.05) is 12.1 Å². The van der Waals surface area contributed by atoms with Crippen LogP contribution >= 0.6 is 11.6 Å². The standard InChI is InChI=1S/C11H9ClN2O/c1-14-11(7-15)10(6-13-14)8-2-4-9(12)5-3-8/h2-7H,1H3. The zero-order valence-corrected chi connectivity index (χ0v) is 8.90. The highest BCUT2D eigenvalue weighted by molar-refractivity contribution is 6.30. The third-order valence-electron chi connectivity index (χ3n) is 2.25. The predicted octanol–water partition coefficient (Wildman–Crippen LogP) is 2.55. The van der Waals surface area contributed by atoms with E-state index < -0.39 is 0 Å². The summed E-state index contributed by atoms with van der Waals surface area (Å²) in [6.07, 6.45) is 2.48. The topological polar surface area (TPSA) is 34.9 Å². The zero-order valence-electron chi connectivity index (χ0n) is 8.14. The van der Waals surface area contributed by atoms with Crippen LogP contribution in [-0.4, -0.2) is 16.1 Å². The van der Waals surface area contributed by atoms with Crippen molar-refractivity contribution in [2.75, 3.05) is 0 Å². The number of hydrogen-bond acceptors (Lipinski definition) is 2. The van der Waals surface area contributed by atoms with Crippen molar-refractivity contribution in [2.24, 2.45) is 7.05 Å². The molecule has 4 heteroatoms. The van der Waals surface area contributed by atoms with Crippen molar-refractivity contribution in [3.63, 3.8) is 0 Å². The molecule has 0 aliphatic carbocycles. The highest BCUT2D eigenvalue weighted by Gasteiger charge is 2.08. The Morgan fingerprint density at radius 2 is 2.00 bits per heavy atom. The van der Waals surface area contributed by atoms with Crippen molar-refractivity contribution in [1.82, 2.24) is 9.78 Å². The van der Waals surface area contributed by atoms with Crippen molar-refractivity contribution in [3.05, 3.63) is 41.2 Å². The molecular weight excluding hydrogens is 212 g/mol. The van der Waals surface area contributed by atoms with Crippen molar-refractivity contribution in [3.8, 4) is 11.1 Å². The fraction of sp³-hybridized carbons (Fsp3) is 0.0909. The molecule has 0 N–H and O–H groups in total. The Balaban J connectivity index is 2.53. The summed E-state index contributed by atoms with van der Waals surface area (Å²) in [6.45, 7) is 0. The Labute approximate surface area is 92.3 Å². The van der Waals surface area contributed by atoms with Crippen molar-refractivity contribution < 1.29 is 4.79 Å². The van der Waals surface area contributed by atoms with Gasteiger partial charge in [-0.3, -0.25) is 9.48 Å². The molecule has 76 valence electrons. The molecule has 2 rings (SSSR count). The van der Waals surface area contributed by atoms with Gasteiger partial charge in [0.1, 0.15) is 5.69 Å². The molecular formula is C11H9ClN2O. The third kappa shape index (κ3) is 1.78. The summed E-state index contributed by atoms with van der Waals surface area (Å²) in [5, 5.41) is 4.71. The van der Waals surface area contributed by atoms with Crippen LogP contribution in [0.3, 0.4) is 0 Å². The zero-order chi connectivity index (χ0) is 10.8. The number of aryl methyl sites for hydroxylation is 1. The van der Waals surface area contributed by atoms with Gasteiger partial charge in [-0.15, -0.1) is 0 Å². The van der Waals surface area contributed by atoms with Gasteiger partial charge in [0.15, 0.2) is 6.29 Å². The molecule has 0 aliphatic heterocycles. The second kappa shape index (κ2) is 3.87. The maximum absolute atomic E-state index is 10.9. The monoisotopic (exact) mass is 220 g/mol. The molecule has 0 bridgehead atoms. The summed E-state index contributed by atoms with van der Waals surface area (Å²) < 4.78 is 1.55. The van der Waals surface area contributed by atoms with Gasteiger partial charge in [0.2, 0.25) is 0 Å². The number of carbonyl (C=O) groups is 1. The van der Waals surface area contributed by atoms with Crippen LogP contribution in [0.4, 0.5) is 0 Å². The molecule has 0 saturated heterocycles. The summed E-state index contributed by atoms with van der Waals surface area (Å²) in [5.41, 5.74) is 2.33. The maximum Gasteiger partial charge on any atom is 0.168 e. The lowest BCUT2D eigenvalue weighted by Crippen LogP contribution is -1.96. The maximum atomic E-state index is 10.9. The summed E-state index contributed by atoms with van der Waals surface area (Å²) >= 11 is 5.79. The van der Waals surface area contributed by atoms with E-state index in [4.69, 9.17) is 11.6 Å². The van der Waals surface area contributed by atoms with E-state index in [1.165, 1.54) is 0 Å². The van der Waals surface area contributed by atoms with E-state index in [-0.39, 0.29) is 0 Å². The van der Waals surface area contributed by atoms with Crippen LogP contribution in [-0.2, 0) is 7.05 Å². The van der Waals surface area contributed by atoms with E-state index in [9.17, 15) is 4.79 Å². The molecule has 0 fully saturated rings. The minimum atomic E-state index is 0.567. The van der Waals surface area contributed by atoms with Crippen LogP contribution in [0.15, 0.2) is 30.5 Å². The third-order valence-corrected chi connectivity index (χ3v) is 2.50. The number of aromatic nitrogens is 2. The molecule has 0 saturated carbocycles. The van der Waals surface area contributed by atoms with Crippen molar-refractivity contribution in [1.29, 1.82) is 0 Å². The first-order valence-corrected chi connectivity index (χ1v) is 4.83. The van der Waals surface area contributed by atoms with E-state index in [0.29, 0.717) is 10.7 Å². The molecule has 1 aromatic heterocycles. The lowest BCUT2D eigenvalue weighted by atomic mass is 10.1. The van der Waals surface area contributed by atoms with Gasteiger partial charge in [-0.05, 0) is 17.7 Å². The summed E-state index contributed by atoms with van der Waals surface area (Å²) in [5.74, 6) is 0. The van der Waals surface area contributed by atoms with E-state index >= 15 is 0 Å². The smallest absolute Gasteiger partial charge is 0.168 e. The Hall–Kier alpha value is -1.61. The number of rotatable bonds is 2. The van der Waals surface area contributed by atoms with E-state index in [0.717, 1.165) is 17.4 Å². The second-order valence-corrected chi connectivity index (χ2v) is 3.63. The van der Waals surface area contributed by atoms with Gasteiger partial charge in [0, 0.05) is 17.6 Å². The number of benzene rings is 1. The molecule has 0 atom stereocenters. The molecule has 0 radical (unpaired) electrons. The Morgan fingerprint density at radius 1 is 1.33 bits per heavy atom. The Morgan fingerprint density at radius 3 is 2.60 bits per heavy atom. The predicted molar refractivity (Wildman–Crippen MR) is 59.0 cm³/mol. The van der Waals surface area contributed by atoms with Crippen molar-refractivity contribution >= 4 is 17.9 Å². The molecule has 0 spiro atoms. The highest BCUT2D eigenvalue weighted by Crippen LogP contribution is 2.23. The van der Waals surface area contributed by atoms with Crippen LogP contribution in [0.25, 0.3) is 11.1 Å². The van der Waals surface area contributed by atoms with Gasteiger partial charge < -0.3 is 0 Å². The molecule has 1 aromatic carbocycles. The molecule has 3 nitrogen and oxygen atoms in total. The van der Waals surface area contributed by atoms with Crippen LogP contribution in [0.2, 0.25) is 5.02 Å². The van der Waals surface area contributed by atoms with Crippen LogP contribution < -0.4 is 0 Å². The summed E-state index contributed by atoms with van der Waals surface area (Å²) in [7, 11) is 1.74. The largest absolute Gasteiger partial charge is 0.296 e. The van der Waals surface area contributed by atoms with Crippen LogP contribution in [0.1, 0.15) is 10.5 Å². The number of carbonyl (C=O) groups excluding carboxylic acids is 1. The molecule has 15 heavy (non-hydrogen) atoms. The van der Waals surface area contributed by atoms with Crippen LogP contribution in [0, 0.1) is 0 Å². The highest BCUT2D eigenvalue weighted by atomic mass is 35.5. The van der Waals surface area contributed by atoms with Crippen molar-refractivity contribution in [2.45, 2.75) is 0 Å². The van der Waals surface area contributed by atoms with Gasteiger partial charge in [-0.25, -0.2) is 0 Å². The summed E-state index contributed by atoms with van der Waals surface area (Å²) in [6, 6.07) is 7.32. The normalized spacial score (nSPS) is 10.3. The van der Waals surface area contributed by atoms with Gasteiger partial charge in [0.05, 0.1) is 6.20 Å². The number of nitrogens with zero attached hydrogens (tertiary/aromatic N) is 2. The Bertz CT molecular complexity index is 488. The summed E-state index contributed by atoms with van der Waals surface area (Å²) in [4.78, 5) is 10.9. The minimum Gasteiger partial charge on any atom is -0.296 e. The lowest BCUT2D eigenvalue weighted by molar-refractivity contribution is 0.111. The van der Waals surface area contributed by atoms with E-state index in [1.54, 1.807) is 30.1 Å². The molecule has 1 heterocycles. The number of aldehydes is 1. The average molecular weight is 221 g/mol. The molecule has 0 aliphatic rings. The minimum absolute atomic E-state index is 0.567. The average Bonchev–Trinajstić information content (AvgIpc) is 2.61. The van der Waals surface area contributed by atoms with Gasteiger partial charge in [-0.1, -0.05) is 23.7 Å². The first kappa shape index (κ1) is 9.93. The quantitative estimate of drug-likeness (QED) is 0.729.